The van der Waals surface area contributed by atoms with Crippen molar-refractivity contribution in [3.63, 3.8) is 0 Å². The summed E-state index contributed by atoms with van der Waals surface area (Å²) in [7, 11) is 4.22. The van der Waals surface area contributed by atoms with Crippen LogP contribution in [0.1, 0.15) is 24.9 Å². The minimum Gasteiger partial charge on any atom is -0.381 e. The van der Waals surface area contributed by atoms with Gasteiger partial charge in [0, 0.05) is 36.2 Å². The third-order valence-electron chi connectivity index (χ3n) is 4.36. The van der Waals surface area contributed by atoms with E-state index in [4.69, 9.17) is 16.3 Å². The molecule has 1 heterocycles. The van der Waals surface area contributed by atoms with Gasteiger partial charge in [-0.15, -0.1) is 0 Å². The zero-order valence-electron chi connectivity index (χ0n) is 12.6. The van der Waals surface area contributed by atoms with Gasteiger partial charge in [-0.25, -0.2) is 0 Å². The molecule has 1 saturated heterocycles. The Bertz CT molecular complexity index is 427. The lowest BCUT2D eigenvalue weighted by atomic mass is 9.94. The fraction of sp³-hybridized carbons (Fsp3) is 0.625. The molecule has 20 heavy (non-hydrogen) atoms. The first-order valence-electron chi connectivity index (χ1n) is 7.32. The summed E-state index contributed by atoms with van der Waals surface area (Å²) in [5.41, 5.74) is 1.26. The molecule has 3 atom stereocenters. The van der Waals surface area contributed by atoms with Crippen LogP contribution in [0, 0.1) is 5.92 Å². The first-order chi connectivity index (χ1) is 9.61. The minimum atomic E-state index is 0.355. The van der Waals surface area contributed by atoms with Crippen molar-refractivity contribution >= 4 is 11.6 Å². The van der Waals surface area contributed by atoms with Crippen LogP contribution in [-0.4, -0.2) is 44.8 Å². The minimum absolute atomic E-state index is 0.355. The van der Waals surface area contributed by atoms with Crippen molar-refractivity contribution < 1.29 is 4.74 Å². The van der Waals surface area contributed by atoms with E-state index in [0.717, 1.165) is 31.2 Å². The molecule has 1 N–H and O–H groups in total. The van der Waals surface area contributed by atoms with E-state index in [1.54, 1.807) is 0 Å². The standard InChI is InChI=1S/C16H25ClN2O/c1-12(13-5-4-6-15(17)9-13)19(3)10-14-11-20-8-7-16(14)18-2/h4-6,9,12,14,16,18H,7-8,10-11H2,1-3H3. The normalized spacial score (nSPS) is 24.9. The molecule has 0 amide bonds. The average molecular weight is 297 g/mol. The smallest absolute Gasteiger partial charge is 0.0521 e. The van der Waals surface area contributed by atoms with Crippen molar-refractivity contribution in [2.75, 3.05) is 33.9 Å². The number of benzene rings is 1. The second-order valence-corrected chi connectivity index (χ2v) is 6.13. The fourth-order valence-corrected chi connectivity index (χ4v) is 3.10. The number of nitrogens with zero attached hydrogens (tertiary/aromatic N) is 1. The van der Waals surface area contributed by atoms with E-state index in [1.165, 1.54) is 5.56 Å². The fourth-order valence-electron chi connectivity index (χ4n) is 2.91. The Morgan fingerprint density at radius 2 is 2.30 bits per heavy atom. The van der Waals surface area contributed by atoms with Gasteiger partial charge in [-0.3, -0.25) is 4.90 Å². The van der Waals surface area contributed by atoms with Crippen molar-refractivity contribution in [2.45, 2.75) is 25.4 Å². The summed E-state index contributed by atoms with van der Waals surface area (Å²) >= 11 is 6.08. The lowest BCUT2D eigenvalue weighted by molar-refractivity contribution is 0.0172. The van der Waals surface area contributed by atoms with Gasteiger partial charge in [0.2, 0.25) is 0 Å². The van der Waals surface area contributed by atoms with E-state index in [0.29, 0.717) is 18.0 Å². The van der Waals surface area contributed by atoms with Crippen LogP contribution in [0.25, 0.3) is 0 Å². The predicted octanol–water partition coefficient (Wildman–Crippen LogP) is 2.96. The number of rotatable bonds is 5. The van der Waals surface area contributed by atoms with Crippen LogP contribution in [0.5, 0.6) is 0 Å². The van der Waals surface area contributed by atoms with Crippen LogP contribution in [0.15, 0.2) is 24.3 Å². The molecule has 1 aliphatic heterocycles. The molecule has 0 saturated carbocycles. The van der Waals surface area contributed by atoms with Crippen molar-refractivity contribution in [2.24, 2.45) is 5.92 Å². The Morgan fingerprint density at radius 3 is 3.00 bits per heavy atom. The number of hydrogen-bond acceptors (Lipinski definition) is 3. The zero-order valence-corrected chi connectivity index (χ0v) is 13.4. The van der Waals surface area contributed by atoms with Crippen LogP contribution in [0.2, 0.25) is 5.02 Å². The molecule has 0 spiro atoms. The van der Waals surface area contributed by atoms with Gasteiger partial charge < -0.3 is 10.1 Å². The third-order valence-corrected chi connectivity index (χ3v) is 4.59. The molecule has 1 fully saturated rings. The highest BCUT2D eigenvalue weighted by Crippen LogP contribution is 2.24. The van der Waals surface area contributed by atoms with Crippen molar-refractivity contribution in [1.82, 2.24) is 10.2 Å². The van der Waals surface area contributed by atoms with Gasteiger partial charge in [0.05, 0.1) is 6.61 Å². The Hall–Kier alpha value is -0.610. The van der Waals surface area contributed by atoms with Crippen LogP contribution in [0.4, 0.5) is 0 Å². The highest BCUT2D eigenvalue weighted by molar-refractivity contribution is 6.30. The van der Waals surface area contributed by atoms with E-state index in [2.05, 4.69) is 36.3 Å². The first-order valence-corrected chi connectivity index (χ1v) is 7.70. The second kappa shape index (κ2) is 7.41. The van der Waals surface area contributed by atoms with E-state index < -0.39 is 0 Å². The van der Waals surface area contributed by atoms with Gasteiger partial charge in [-0.1, -0.05) is 23.7 Å². The summed E-state index contributed by atoms with van der Waals surface area (Å²) in [6.07, 6.45) is 1.10. The van der Waals surface area contributed by atoms with Crippen LogP contribution in [0.3, 0.4) is 0 Å². The maximum absolute atomic E-state index is 6.08. The molecule has 1 aromatic carbocycles. The second-order valence-electron chi connectivity index (χ2n) is 5.69. The van der Waals surface area contributed by atoms with Gasteiger partial charge in [-0.05, 0) is 45.1 Å². The topological polar surface area (TPSA) is 24.5 Å². The van der Waals surface area contributed by atoms with E-state index in [1.807, 2.05) is 19.2 Å². The van der Waals surface area contributed by atoms with Gasteiger partial charge in [0.15, 0.2) is 0 Å². The molecule has 3 unspecified atom stereocenters. The summed E-state index contributed by atoms with van der Waals surface area (Å²) in [5, 5.41) is 4.22. The van der Waals surface area contributed by atoms with Crippen LogP contribution >= 0.6 is 11.6 Å². The Balaban J connectivity index is 1.98. The molecule has 1 aromatic rings. The Kier molecular flexibility index (Phi) is 5.85. The molecule has 2 rings (SSSR count). The molecule has 3 nitrogen and oxygen atoms in total. The molecule has 0 bridgehead atoms. The average Bonchev–Trinajstić information content (AvgIpc) is 2.47. The van der Waals surface area contributed by atoms with Gasteiger partial charge in [-0.2, -0.15) is 0 Å². The van der Waals surface area contributed by atoms with Crippen molar-refractivity contribution in [3.8, 4) is 0 Å². The highest BCUT2D eigenvalue weighted by Gasteiger charge is 2.26. The quantitative estimate of drug-likeness (QED) is 0.904. The van der Waals surface area contributed by atoms with Crippen LogP contribution in [-0.2, 0) is 4.74 Å². The lowest BCUT2D eigenvalue weighted by Crippen LogP contribution is -2.46. The summed E-state index contributed by atoms with van der Waals surface area (Å²) in [5.74, 6) is 0.542. The number of ether oxygens (including phenoxy) is 1. The molecule has 4 heteroatoms. The summed E-state index contributed by atoms with van der Waals surface area (Å²) in [6, 6.07) is 9.03. The van der Waals surface area contributed by atoms with Crippen molar-refractivity contribution in [1.29, 1.82) is 0 Å². The SMILES string of the molecule is CNC1CCOCC1CN(C)C(C)c1cccc(Cl)c1. The molecular formula is C16H25ClN2O. The first kappa shape index (κ1) is 15.8. The summed E-state index contributed by atoms with van der Waals surface area (Å²) in [6.45, 7) is 4.97. The summed E-state index contributed by atoms with van der Waals surface area (Å²) < 4.78 is 5.63. The molecule has 0 radical (unpaired) electrons. The zero-order chi connectivity index (χ0) is 14.5. The Morgan fingerprint density at radius 1 is 1.50 bits per heavy atom. The molecular weight excluding hydrogens is 272 g/mol. The Labute approximate surface area is 127 Å². The maximum Gasteiger partial charge on any atom is 0.0521 e. The monoisotopic (exact) mass is 296 g/mol. The highest BCUT2D eigenvalue weighted by atomic mass is 35.5. The summed E-state index contributed by atoms with van der Waals surface area (Å²) in [4.78, 5) is 2.38. The number of nitrogens with one attached hydrogen (secondary N) is 1. The lowest BCUT2D eigenvalue weighted by Gasteiger charge is -2.36. The van der Waals surface area contributed by atoms with E-state index >= 15 is 0 Å². The predicted molar refractivity (Wildman–Crippen MR) is 84.3 cm³/mol. The molecule has 112 valence electrons. The maximum atomic E-state index is 6.08. The van der Waals surface area contributed by atoms with E-state index in [-0.39, 0.29) is 0 Å². The van der Waals surface area contributed by atoms with Crippen molar-refractivity contribution in [3.05, 3.63) is 34.9 Å². The largest absolute Gasteiger partial charge is 0.381 e. The van der Waals surface area contributed by atoms with Gasteiger partial charge in [0.1, 0.15) is 0 Å². The molecule has 1 aliphatic rings. The third kappa shape index (κ3) is 3.95. The number of hydrogen-bond donors (Lipinski definition) is 1. The van der Waals surface area contributed by atoms with Gasteiger partial charge >= 0.3 is 0 Å². The molecule has 0 aromatic heterocycles. The molecule has 0 aliphatic carbocycles. The van der Waals surface area contributed by atoms with Gasteiger partial charge in [0.25, 0.3) is 0 Å². The van der Waals surface area contributed by atoms with Crippen LogP contribution < -0.4 is 5.32 Å². The van der Waals surface area contributed by atoms with E-state index in [9.17, 15) is 0 Å². The number of halogens is 1.